The normalized spacial score (nSPS) is 52.2. The molecule has 4 aliphatic carbocycles. The van der Waals surface area contributed by atoms with Gasteiger partial charge in [-0.05, 0) is 94.0 Å². The first-order chi connectivity index (χ1) is 19.0. The molecule has 1 saturated heterocycles. The maximum atomic E-state index is 13.2. The standard InChI is InChI=1S/C30H44O10/c1-15-23(32)25(37-3)24(33)26(39-15)40-18-6-10-29(27(34)35)17(13-18)4-5-21-20(29)7-9-28(2)19(8-11-30(21,28)36)16-12-22(31)38-14-16/h12,15,17-21,23-26,32-33,36H,4-11,13-14H2,1-3H3,(H,34,35)/t15-,17+,18+,19+,20-,21+,23-,24-,25+,26-,28+,29-,30-/m0/s1. The lowest BCUT2D eigenvalue weighted by Crippen LogP contribution is -2.65. The number of methoxy groups -OCH3 is 1. The summed E-state index contributed by atoms with van der Waals surface area (Å²) < 4.78 is 22.5. The molecular formula is C30H44O10. The molecular weight excluding hydrogens is 520 g/mol. The second-order valence-corrected chi connectivity index (χ2v) is 13.6. The number of hydrogen-bond donors (Lipinski definition) is 4. The van der Waals surface area contributed by atoms with Gasteiger partial charge in [-0.15, -0.1) is 0 Å². The minimum atomic E-state index is -1.16. The number of ether oxygens (including phenoxy) is 4. The highest BCUT2D eigenvalue weighted by molar-refractivity contribution is 5.85. The summed E-state index contributed by atoms with van der Waals surface area (Å²) in [5, 5.41) is 44.2. The van der Waals surface area contributed by atoms with Gasteiger partial charge < -0.3 is 39.4 Å². The van der Waals surface area contributed by atoms with Gasteiger partial charge in [0.05, 0.1) is 23.2 Å². The molecule has 10 nitrogen and oxygen atoms in total. The van der Waals surface area contributed by atoms with E-state index in [1.165, 1.54) is 7.11 Å². The van der Waals surface area contributed by atoms with E-state index < -0.39 is 53.1 Å². The highest BCUT2D eigenvalue weighted by atomic mass is 16.7. The summed E-state index contributed by atoms with van der Waals surface area (Å²) in [5.41, 5.74) is -1.38. The Morgan fingerprint density at radius 2 is 1.82 bits per heavy atom. The highest BCUT2D eigenvalue weighted by Gasteiger charge is 2.70. The third-order valence-corrected chi connectivity index (χ3v) is 12.2. The zero-order chi connectivity index (χ0) is 28.6. The molecule has 2 aliphatic heterocycles. The maximum absolute atomic E-state index is 13.2. The smallest absolute Gasteiger partial charge is 0.331 e. The van der Waals surface area contributed by atoms with E-state index in [4.69, 9.17) is 18.9 Å². The van der Waals surface area contributed by atoms with Crippen LogP contribution in [0.15, 0.2) is 11.6 Å². The first-order valence-electron chi connectivity index (χ1n) is 15.0. The highest BCUT2D eigenvalue weighted by Crippen LogP contribution is 2.70. The third kappa shape index (κ3) is 3.96. The lowest BCUT2D eigenvalue weighted by atomic mass is 9.42. The van der Waals surface area contributed by atoms with E-state index in [0.29, 0.717) is 38.5 Å². The number of carbonyl (C=O) groups is 2. The minimum absolute atomic E-state index is 0.0614. The fraction of sp³-hybridized carbons (Fsp3) is 0.867. The Bertz CT molecular complexity index is 1060. The molecule has 13 atom stereocenters. The Kier molecular flexibility index (Phi) is 7.15. The van der Waals surface area contributed by atoms with Gasteiger partial charge >= 0.3 is 11.9 Å². The Balaban J connectivity index is 1.21. The second-order valence-electron chi connectivity index (χ2n) is 13.6. The number of cyclic esters (lactones) is 1. The van der Waals surface area contributed by atoms with Gasteiger partial charge in [-0.3, -0.25) is 4.79 Å². The Morgan fingerprint density at radius 3 is 2.50 bits per heavy atom. The van der Waals surface area contributed by atoms with Gasteiger partial charge in [0.25, 0.3) is 0 Å². The average Bonchev–Trinajstić information content (AvgIpc) is 3.46. The number of rotatable bonds is 5. The molecule has 0 amide bonds. The van der Waals surface area contributed by atoms with Crippen LogP contribution in [0.5, 0.6) is 0 Å². The topological polar surface area (TPSA) is 152 Å². The molecule has 0 unspecified atom stereocenters. The number of carbonyl (C=O) groups excluding carboxylic acids is 1. The molecule has 5 fully saturated rings. The van der Waals surface area contributed by atoms with E-state index in [1.54, 1.807) is 13.0 Å². The number of carboxylic acid groups (broad SMARTS) is 1. The van der Waals surface area contributed by atoms with Gasteiger partial charge in [-0.25, -0.2) is 4.79 Å². The summed E-state index contributed by atoms with van der Waals surface area (Å²) in [6, 6.07) is 0. The predicted octanol–water partition coefficient (Wildman–Crippen LogP) is 2.17. The lowest BCUT2D eigenvalue weighted by molar-refractivity contribution is -0.313. The lowest BCUT2D eigenvalue weighted by Gasteiger charge is -2.63. The number of fused-ring (bicyclic) bond motifs is 5. The summed E-state index contributed by atoms with van der Waals surface area (Å²) in [6.07, 6.45) is 2.56. The summed E-state index contributed by atoms with van der Waals surface area (Å²) in [5.74, 6) is -1.40. The maximum Gasteiger partial charge on any atom is 0.331 e. The van der Waals surface area contributed by atoms with E-state index in [0.717, 1.165) is 24.8 Å². The molecule has 40 heavy (non-hydrogen) atoms. The van der Waals surface area contributed by atoms with Crippen molar-refractivity contribution < 1.29 is 49.0 Å². The molecule has 2 heterocycles. The molecule has 6 aliphatic rings. The molecule has 0 aromatic carbocycles. The van der Waals surface area contributed by atoms with Gasteiger partial charge in [0.1, 0.15) is 24.9 Å². The first kappa shape index (κ1) is 28.6. The molecule has 4 N–H and O–H groups in total. The minimum Gasteiger partial charge on any atom is -0.481 e. The molecule has 0 spiro atoms. The number of aliphatic hydroxyl groups excluding tert-OH is 2. The molecule has 0 aromatic rings. The van der Waals surface area contributed by atoms with Crippen molar-refractivity contribution in [3.63, 3.8) is 0 Å². The number of aliphatic hydroxyl groups is 3. The van der Waals surface area contributed by atoms with Crippen molar-refractivity contribution in [1.29, 1.82) is 0 Å². The molecule has 0 aromatic heterocycles. The zero-order valence-electron chi connectivity index (χ0n) is 23.7. The molecule has 4 saturated carbocycles. The molecule has 224 valence electrons. The van der Waals surface area contributed by atoms with Crippen LogP contribution in [0.2, 0.25) is 0 Å². The fourth-order valence-corrected chi connectivity index (χ4v) is 10.1. The molecule has 0 bridgehead atoms. The Labute approximate surface area is 235 Å². The van der Waals surface area contributed by atoms with Crippen LogP contribution in [-0.2, 0) is 28.5 Å². The summed E-state index contributed by atoms with van der Waals surface area (Å²) >= 11 is 0. The van der Waals surface area contributed by atoms with Crippen molar-refractivity contribution in [2.75, 3.05) is 13.7 Å². The van der Waals surface area contributed by atoms with Crippen molar-refractivity contribution in [1.82, 2.24) is 0 Å². The quantitative estimate of drug-likeness (QED) is 0.289. The van der Waals surface area contributed by atoms with Gasteiger partial charge in [-0.2, -0.15) is 0 Å². The van der Waals surface area contributed by atoms with Crippen LogP contribution >= 0.6 is 0 Å². The van der Waals surface area contributed by atoms with Crippen LogP contribution in [0.25, 0.3) is 0 Å². The van der Waals surface area contributed by atoms with Crippen LogP contribution in [0.1, 0.15) is 71.6 Å². The molecule has 6 rings (SSSR count). The van der Waals surface area contributed by atoms with E-state index in [9.17, 15) is 30.0 Å². The summed E-state index contributed by atoms with van der Waals surface area (Å²) in [4.78, 5) is 25.0. The zero-order valence-corrected chi connectivity index (χ0v) is 23.7. The van der Waals surface area contributed by atoms with Crippen LogP contribution in [0.3, 0.4) is 0 Å². The summed E-state index contributed by atoms with van der Waals surface area (Å²) in [6.45, 7) is 4.13. The van der Waals surface area contributed by atoms with Gasteiger partial charge in [0.2, 0.25) is 0 Å². The van der Waals surface area contributed by atoms with Crippen LogP contribution in [0.4, 0.5) is 0 Å². The van der Waals surface area contributed by atoms with Crippen molar-refractivity contribution in [3.05, 3.63) is 11.6 Å². The fourth-order valence-electron chi connectivity index (χ4n) is 10.1. The SMILES string of the molecule is CO[C@H]1[C@H](O)[C@H](O[C@@H]2CC[C@]3(C(=O)O)[C@H](CC[C@@H]4[C@@H]3CC[C@]3(C)[C@@H](C5=CC(=O)OC5)CC[C@]43O)C2)O[C@@H](C)[C@@H]1O. The van der Waals surface area contributed by atoms with E-state index in [1.807, 2.05) is 0 Å². The predicted molar refractivity (Wildman–Crippen MR) is 140 cm³/mol. The van der Waals surface area contributed by atoms with Crippen molar-refractivity contribution in [2.24, 2.45) is 34.5 Å². The van der Waals surface area contributed by atoms with E-state index in [-0.39, 0.29) is 42.4 Å². The van der Waals surface area contributed by atoms with E-state index in [2.05, 4.69) is 6.92 Å². The number of esters is 1. The number of carboxylic acids is 1. The molecule has 10 heteroatoms. The van der Waals surface area contributed by atoms with Crippen molar-refractivity contribution in [3.8, 4) is 0 Å². The Hall–Kier alpha value is -1.56. The van der Waals surface area contributed by atoms with Crippen LogP contribution in [-0.4, -0.2) is 88.5 Å². The van der Waals surface area contributed by atoms with E-state index >= 15 is 0 Å². The van der Waals surface area contributed by atoms with Crippen LogP contribution < -0.4 is 0 Å². The summed E-state index contributed by atoms with van der Waals surface area (Å²) in [7, 11) is 1.43. The molecule has 0 radical (unpaired) electrons. The Morgan fingerprint density at radius 1 is 1.05 bits per heavy atom. The number of aliphatic carboxylic acids is 1. The third-order valence-electron chi connectivity index (χ3n) is 12.2. The first-order valence-corrected chi connectivity index (χ1v) is 15.0. The van der Waals surface area contributed by atoms with Gasteiger partial charge in [-0.1, -0.05) is 6.92 Å². The van der Waals surface area contributed by atoms with Gasteiger partial charge in [0.15, 0.2) is 6.29 Å². The van der Waals surface area contributed by atoms with Crippen molar-refractivity contribution >= 4 is 11.9 Å². The number of hydrogen-bond acceptors (Lipinski definition) is 9. The largest absolute Gasteiger partial charge is 0.481 e. The van der Waals surface area contributed by atoms with Crippen molar-refractivity contribution in [2.45, 2.75) is 114 Å². The second kappa shape index (κ2) is 10.0. The van der Waals surface area contributed by atoms with Gasteiger partial charge in [0, 0.05) is 18.6 Å². The monoisotopic (exact) mass is 564 g/mol. The average molecular weight is 565 g/mol. The van der Waals surface area contributed by atoms with Crippen LogP contribution in [0, 0.1) is 34.5 Å².